The smallest absolute Gasteiger partial charge is 0.237 e. The summed E-state index contributed by atoms with van der Waals surface area (Å²) in [7, 11) is 3.33. The standard InChI is InChI=1S/C21H33N3O3.ClH/c1-21(2)14-23(11-9-19(21)22)13-20(25)24-10-5-6-17(24)16-12-15(26-3)7-8-18(16)27-4;/h7-8,12,17,19H,5-6,9-11,13-14,22H2,1-4H3;1H. The lowest BCUT2D eigenvalue weighted by Gasteiger charge is -2.43. The topological polar surface area (TPSA) is 68.0 Å². The van der Waals surface area contributed by atoms with Crippen LogP contribution in [0.5, 0.6) is 11.5 Å². The minimum absolute atomic E-state index is 0. The second kappa shape index (κ2) is 9.33. The van der Waals surface area contributed by atoms with Crippen molar-refractivity contribution < 1.29 is 14.3 Å². The minimum Gasteiger partial charge on any atom is -0.497 e. The molecule has 2 saturated heterocycles. The Morgan fingerprint density at radius 2 is 1.96 bits per heavy atom. The summed E-state index contributed by atoms with van der Waals surface area (Å²) in [5.74, 6) is 1.79. The predicted octanol–water partition coefficient (Wildman–Crippen LogP) is 2.85. The molecule has 0 spiro atoms. The monoisotopic (exact) mass is 411 g/mol. The van der Waals surface area contributed by atoms with Gasteiger partial charge in [-0.05, 0) is 42.9 Å². The van der Waals surface area contributed by atoms with Crippen molar-refractivity contribution in [2.45, 2.75) is 45.2 Å². The number of methoxy groups -OCH3 is 2. The van der Waals surface area contributed by atoms with E-state index >= 15 is 0 Å². The van der Waals surface area contributed by atoms with E-state index < -0.39 is 0 Å². The fourth-order valence-corrected chi connectivity index (χ4v) is 4.39. The van der Waals surface area contributed by atoms with Gasteiger partial charge < -0.3 is 20.1 Å². The summed E-state index contributed by atoms with van der Waals surface area (Å²) >= 11 is 0. The number of nitrogens with two attached hydrogens (primary N) is 1. The molecule has 0 radical (unpaired) electrons. The minimum atomic E-state index is 0. The van der Waals surface area contributed by atoms with Crippen molar-refractivity contribution >= 4 is 18.3 Å². The fourth-order valence-electron chi connectivity index (χ4n) is 4.39. The van der Waals surface area contributed by atoms with Crippen LogP contribution in [0.15, 0.2) is 18.2 Å². The van der Waals surface area contributed by atoms with Crippen LogP contribution in [0.2, 0.25) is 0 Å². The maximum Gasteiger partial charge on any atom is 0.237 e. The molecule has 0 bridgehead atoms. The van der Waals surface area contributed by atoms with Crippen LogP contribution < -0.4 is 15.2 Å². The first-order valence-electron chi connectivity index (χ1n) is 9.85. The first-order chi connectivity index (χ1) is 12.9. The summed E-state index contributed by atoms with van der Waals surface area (Å²) < 4.78 is 10.9. The van der Waals surface area contributed by atoms with Gasteiger partial charge in [-0.3, -0.25) is 9.69 Å². The Kier molecular flexibility index (Phi) is 7.59. The zero-order chi connectivity index (χ0) is 19.6. The van der Waals surface area contributed by atoms with Crippen molar-refractivity contribution in [3.63, 3.8) is 0 Å². The lowest BCUT2D eigenvalue weighted by atomic mass is 9.80. The van der Waals surface area contributed by atoms with Gasteiger partial charge in [0.15, 0.2) is 0 Å². The molecular formula is C21H34ClN3O3. The van der Waals surface area contributed by atoms with Gasteiger partial charge in [-0.2, -0.15) is 0 Å². The molecule has 158 valence electrons. The third kappa shape index (κ3) is 4.73. The molecule has 2 heterocycles. The van der Waals surface area contributed by atoms with E-state index in [0.29, 0.717) is 6.54 Å². The molecule has 2 N–H and O–H groups in total. The third-order valence-corrected chi connectivity index (χ3v) is 6.12. The highest BCUT2D eigenvalue weighted by atomic mass is 35.5. The van der Waals surface area contributed by atoms with E-state index in [1.54, 1.807) is 14.2 Å². The second-order valence-corrected chi connectivity index (χ2v) is 8.45. The molecule has 2 unspecified atom stereocenters. The highest BCUT2D eigenvalue weighted by Gasteiger charge is 2.37. The van der Waals surface area contributed by atoms with Crippen molar-refractivity contribution in [3.05, 3.63) is 23.8 Å². The molecule has 2 fully saturated rings. The fraction of sp³-hybridized carbons (Fsp3) is 0.667. The van der Waals surface area contributed by atoms with Gasteiger partial charge in [0.25, 0.3) is 0 Å². The Balaban J connectivity index is 0.00000280. The largest absolute Gasteiger partial charge is 0.497 e. The van der Waals surface area contributed by atoms with Crippen molar-refractivity contribution in [1.29, 1.82) is 0 Å². The number of nitrogens with zero attached hydrogens (tertiary/aromatic N) is 2. The number of likely N-dealkylation sites (tertiary alicyclic amines) is 2. The summed E-state index contributed by atoms with van der Waals surface area (Å²) in [6.45, 7) is 7.37. The van der Waals surface area contributed by atoms with Crippen LogP contribution in [0.1, 0.15) is 44.7 Å². The van der Waals surface area contributed by atoms with Crippen LogP contribution in [0.3, 0.4) is 0 Å². The first-order valence-corrected chi connectivity index (χ1v) is 9.85. The Hall–Kier alpha value is -1.50. The lowest BCUT2D eigenvalue weighted by molar-refractivity contribution is -0.134. The molecule has 1 amide bonds. The van der Waals surface area contributed by atoms with E-state index in [1.165, 1.54) is 0 Å². The maximum atomic E-state index is 13.1. The zero-order valence-electron chi connectivity index (χ0n) is 17.4. The van der Waals surface area contributed by atoms with Crippen LogP contribution in [0, 0.1) is 5.41 Å². The average Bonchev–Trinajstić information content (AvgIpc) is 3.13. The van der Waals surface area contributed by atoms with Gasteiger partial charge in [0.2, 0.25) is 5.91 Å². The van der Waals surface area contributed by atoms with E-state index in [1.807, 2.05) is 23.1 Å². The summed E-state index contributed by atoms with van der Waals surface area (Å²) in [4.78, 5) is 17.4. The molecular weight excluding hydrogens is 378 g/mol. The van der Waals surface area contributed by atoms with Gasteiger partial charge >= 0.3 is 0 Å². The van der Waals surface area contributed by atoms with Crippen LogP contribution in [0.25, 0.3) is 0 Å². The number of carbonyl (C=O) groups excluding carboxylic acids is 1. The number of rotatable bonds is 5. The van der Waals surface area contributed by atoms with Gasteiger partial charge in [0.05, 0.1) is 26.8 Å². The van der Waals surface area contributed by atoms with Crippen molar-refractivity contribution in [3.8, 4) is 11.5 Å². The highest BCUT2D eigenvalue weighted by molar-refractivity contribution is 5.85. The molecule has 7 heteroatoms. The highest BCUT2D eigenvalue weighted by Crippen LogP contribution is 2.39. The molecule has 28 heavy (non-hydrogen) atoms. The maximum absolute atomic E-state index is 13.1. The SMILES string of the molecule is COc1ccc(OC)c(C2CCCN2C(=O)CN2CCC(N)C(C)(C)C2)c1.Cl. The van der Waals surface area contributed by atoms with E-state index in [0.717, 1.165) is 56.0 Å². The lowest BCUT2D eigenvalue weighted by Crippen LogP contribution is -2.54. The third-order valence-electron chi connectivity index (χ3n) is 6.12. The second-order valence-electron chi connectivity index (χ2n) is 8.45. The Morgan fingerprint density at radius 3 is 2.61 bits per heavy atom. The summed E-state index contributed by atoms with van der Waals surface area (Å²) in [6, 6.07) is 6.05. The molecule has 1 aromatic rings. The molecule has 6 nitrogen and oxygen atoms in total. The summed E-state index contributed by atoms with van der Waals surface area (Å²) in [6.07, 6.45) is 2.90. The number of piperidine rings is 1. The van der Waals surface area contributed by atoms with Crippen LogP contribution >= 0.6 is 12.4 Å². The van der Waals surface area contributed by atoms with E-state index in [-0.39, 0.29) is 35.8 Å². The van der Waals surface area contributed by atoms with Crippen LogP contribution in [-0.2, 0) is 4.79 Å². The van der Waals surface area contributed by atoms with Gasteiger partial charge in [-0.1, -0.05) is 13.8 Å². The van der Waals surface area contributed by atoms with Gasteiger partial charge in [-0.15, -0.1) is 12.4 Å². The molecule has 2 aliphatic heterocycles. The average molecular weight is 412 g/mol. The van der Waals surface area contributed by atoms with E-state index in [2.05, 4.69) is 18.7 Å². The van der Waals surface area contributed by atoms with E-state index in [4.69, 9.17) is 15.2 Å². The Labute approximate surface area is 174 Å². The molecule has 1 aromatic carbocycles. The van der Waals surface area contributed by atoms with Crippen LogP contribution in [0.4, 0.5) is 0 Å². The van der Waals surface area contributed by atoms with Gasteiger partial charge in [0, 0.05) is 31.2 Å². The Bertz CT molecular complexity index is 683. The number of hydrogen-bond acceptors (Lipinski definition) is 5. The number of amides is 1. The zero-order valence-corrected chi connectivity index (χ0v) is 18.3. The number of benzene rings is 1. The molecule has 0 saturated carbocycles. The molecule has 0 aliphatic carbocycles. The van der Waals surface area contributed by atoms with Crippen molar-refractivity contribution in [1.82, 2.24) is 9.80 Å². The van der Waals surface area contributed by atoms with Crippen molar-refractivity contribution in [2.24, 2.45) is 11.1 Å². The predicted molar refractivity (Wildman–Crippen MR) is 113 cm³/mol. The van der Waals surface area contributed by atoms with Crippen LogP contribution in [-0.4, -0.2) is 62.1 Å². The van der Waals surface area contributed by atoms with Gasteiger partial charge in [0.1, 0.15) is 11.5 Å². The van der Waals surface area contributed by atoms with Crippen molar-refractivity contribution in [2.75, 3.05) is 40.4 Å². The molecule has 0 aromatic heterocycles. The number of carbonyl (C=O) groups is 1. The Morgan fingerprint density at radius 1 is 1.21 bits per heavy atom. The van der Waals surface area contributed by atoms with Gasteiger partial charge in [-0.25, -0.2) is 0 Å². The summed E-state index contributed by atoms with van der Waals surface area (Å²) in [5, 5.41) is 0. The quantitative estimate of drug-likeness (QED) is 0.806. The molecule has 2 atom stereocenters. The summed E-state index contributed by atoms with van der Waals surface area (Å²) in [5.41, 5.74) is 7.31. The molecule has 2 aliphatic rings. The first kappa shape index (κ1) is 22.8. The normalized spacial score (nSPS) is 24.5. The van der Waals surface area contributed by atoms with E-state index in [9.17, 15) is 4.79 Å². The number of hydrogen-bond donors (Lipinski definition) is 1. The number of halogens is 1. The number of ether oxygens (including phenoxy) is 2. The molecule has 3 rings (SSSR count).